The van der Waals surface area contributed by atoms with Crippen molar-refractivity contribution in [3.8, 4) is 0 Å². The summed E-state index contributed by atoms with van der Waals surface area (Å²) < 4.78 is 0. The molecule has 0 spiro atoms. The number of allylic oxidation sites excluding steroid dienone is 4. The van der Waals surface area contributed by atoms with E-state index in [1.165, 1.54) is 0 Å². The van der Waals surface area contributed by atoms with Crippen LogP contribution in [-0.4, -0.2) is 5.91 Å². The molecule has 1 N–H and O–H groups in total. The monoisotopic (exact) mass is 191 g/mol. The van der Waals surface area contributed by atoms with Crippen LogP contribution in [0.5, 0.6) is 0 Å². The summed E-state index contributed by atoms with van der Waals surface area (Å²) in [5, 5.41) is 2.69. The lowest BCUT2D eigenvalue weighted by atomic mass is 10.1. The van der Waals surface area contributed by atoms with Gasteiger partial charge in [-0.05, 0) is 6.92 Å². The van der Waals surface area contributed by atoms with Gasteiger partial charge in [0, 0.05) is 16.8 Å². The molecule has 0 bridgehead atoms. The van der Waals surface area contributed by atoms with Gasteiger partial charge in [-0.25, -0.2) is 0 Å². The molecular formula is C12H17NO. The fourth-order valence-electron chi connectivity index (χ4n) is 1.09. The average molecular weight is 191 g/mol. The molecule has 1 aliphatic rings. The molecule has 1 rings (SSSR count). The highest BCUT2D eigenvalue weighted by molar-refractivity contribution is 6.04. The number of hydrogen-bond acceptors (Lipinski definition) is 1. The quantitative estimate of drug-likeness (QED) is 0.634. The van der Waals surface area contributed by atoms with Crippen LogP contribution >= 0.6 is 0 Å². The van der Waals surface area contributed by atoms with Gasteiger partial charge in [-0.1, -0.05) is 45.2 Å². The molecule has 2 nitrogen and oxygen atoms in total. The minimum Gasteiger partial charge on any atom is -0.322 e. The van der Waals surface area contributed by atoms with Gasteiger partial charge in [0.1, 0.15) is 0 Å². The Balaban J connectivity index is 0.000000791. The SMILES string of the molecule is C=C/C=C1/C(=C)C(=O)N/C1=C/C.CC. The van der Waals surface area contributed by atoms with E-state index in [-0.39, 0.29) is 5.91 Å². The van der Waals surface area contributed by atoms with E-state index in [1.54, 1.807) is 12.2 Å². The van der Waals surface area contributed by atoms with Crippen molar-refractivity contribution in [1.29, 1.82) is 0 Å². The van der Waals surface area contributed by atoms with Crippen LogP contribution in [0.25, 0.3) is 0 Å². The topological polar surface area (TPSA) is 29.1 Å². The number of amides is 1. The van der Waals surface area contributed by atoms with Crippen molar-refractivity contribution in [2.75, 3.05) is 0 Å². The van der Waals surface area contributed by atoms with E-state index >= 15 is 0 Å². The smallest absolute Gasteiger partial charge is 0.255 e. The number of rotatable bonds is 1. The molecule has 76 valence electrons. The van der Waals surface area contributed by atoms with E-state index in [1.807, 2.05) is 26.8 Å². The van der Waals surface area contributed by atoms with Crippen molar-refractivity contribution in [2.24, 2.45) is 0 Å². The summed E-state index contributed by atoms with van der Waals surface area (Å²) in [6.07, 6.45) is 5.26. The lowest BCUT2D eigenvalue weighted by molar-refractivity contribution is -0.115. The molecule has 0 aromatic carbocycles. The Morgan fingerprint density at radius 2 is 1.93 bits per heavy atom. The third kappa shape index (κ3) is 2.46. The predicted molar refractivity (Wildman–Crippen MR) is 60.7 cm³/mol. The van der Waals surface area contributed by atoms with Crippen LogP contribution in [0, 0.1) is 0 Å². The lowest BCUT2D eigenvalue weighted by Gasteiger charge is -1.95. The van der Waals surface area contributed by atoms with Gasteiger partial charge >= 0.3 is 0 Å². The summed E-state index contributed by atoms with van der Waals surface area (Å²) in [7, 11) is 0. The van der Waals surface area contributed by atoms with E-state index in [2.05, 4.69) is 18.5 Å². The summed E-state index contributed by atoms with van der Waals surface area (Å²) in [5.74, 6) is -0.129. The Hall–Kier alpha value is -1.57. The third-order valence-corrected chi connectivity index (χ3v) is 1.71. The second-order valence-corrected chi connectivity index (χ2v) is 2.45. The van der Waals surface area contributed by atoms with Gasteiger partial charge in [0.25, 0.3) is 5.91 Å². The van der Waals surface area contributed by atoms with Crippen molar-refractivity contribution in [3.63, 3.8) is 0 Å². The molecule has 1 heterocycles. The highest BCUT2D eigenvalue weighted by Crippen LogP contribution is 2.23. The van der Waals surface area contributed by atoms with Gasteiger partial charge in [0.2, 0.25) is 0 Å². The minimum absolute atomic E-state index is 0.129. The summed E-state index contributed by atoms with van der Waals surface area (Å²) >= 11 is 0. The van der Waals surface area contributed by atoms with Crippen LogP contribution in [0.2, 0.25) is 0 Å². The first-order valence-electron chi connectivity index (χ1n) is 4.70. The Bertz CT molecular complexity index is 308. The van der Waals surface area contributed by atoms with Crippen LogP contribution in [-0.2, 0) is 4.79 Å². The first-order valence-corrected chi connectivity index (χ1v) is 4.70. The van der Waals surface area contributed by atoms with Crippen molar-refractivity contribution in [1.82, 2.24) is 5.32 Å². The third-order valence-electron chi connectivity index (χ3n) is 1.71. The molecule has 0 atom stereocenters. The van der Waals surface area contributed by atoms with Gasteiger partial charge < -0.3 is 5.32 Å². The van der Waals surface area contributed by atoms with Crippen LogP contribution in [0.3, 0.4) is 0 Å². The van der Waals surface area contributed by atoms with Crippen LogP contribution in [0.1, 0.15) is 20.8 Å². The average Bonchev–Trinajstić information content (AvgIpc) is 2.49. The largest absolute Gasteiger partial charge is 0.322 e. The fourth-order valence-corrected chi connectivity index (χ4v) is 1.09. The molecule has 1 fully saturated rings. The Labute approximate surface area is 85.7 Å². The Kier molecular flexibility index (Phi) is 5.30. The first kappa shape index (κ1) is 12.4. The zero-order valence-electron chi connectivity index (χ0n) is 9.05. The summed E-state index contributed by atoms with van der Waals surface area (Å²) in [6, 6.07) is 0. The summed E-state index contributed by atoms with van der Waals surface area (Å²) in [6.45, 7) is 13.1. The Morgan fingerprint density at radius 3 is 2.36 bits per heavy atom. The zero-order chi connectivity index (χ0) is 11.1. The van der Waals surface area contributed by atoms with E-state index < -0.39 is 0 Å². The molecule has 0 radical (unpaired) electrons. The number of hydrogen-bond donors (Lipinski definition) is 1. The molecular weight excluding hydrogens is 174 g/mol. The summed E-state index contributed by atoms with van der Waals surface area (Å²) in [4.78, 5) is 11.1. The van der Waals surface area contributed by atoms with Crippen LogP contribution in [0.15, 0.2) is 48.2 Å². The van der Waals surface area contributed by atoms with Crippen molar-refractivity contribution < 1.29 is 4.79 Å². The molecule has 0 saturated carbocycles. The van der Waals surface area contributed by atoms with E-state index in [0.717, 1.165) is 11.3 Å². The van der Waals surface area contributed by atoms with Gasteiger partial charge in [-0.3, -0.25) is 4.79 Å². The van der Waals surface area contributed by atoms with Gasteiger partial charge in [-0.2, -0.15) is 0 Å². The molecule has 1 amide bonds. The second-order valence-electron chi connectivity index (χ2n) is 2.45. The standard InChI is InChI=1S/C10H11NO.C2H6/c1-4-6-8-7(3)10(12)11-9(8)5-2;1-2/h4-6H,1,3H2,2H3,(H,11,12);1-2H3/b8-6-,9-5+;. The van der Waals surface area contributed by atoms with Crippen molar-refractivity contribution in [3.05, 3.63) is 48.2 Å². The molecule has 0 unspecified atom stereocenters. The predicted octanol–water partition coefficient (Wildman–Crippen LogP) is 2.71. The fraction of sp³-hybridized carbons (Fsp3) is 0.250. The molecule has 0 aromatic rings. The van der Waals surface area contributed by atoms with E-state index in [4.69, 9.17) is 0 Å². The molecule has 1 aliphatic heterocycles. The van der Waals surface area contributed by atoms with Gasteiger partial charge in [0.15, 0.2) is 0 Å². The minimum atomic E-state index is -0.129. The maximum absolute atomic E-state index is 11.1. The highest BCUT2D eigenvalue weighted by atomic mass is 16.2. The van der Waals surface area contributed by atoms with Crippen LogP contribution < -0.4 is 5.32 Å². The molecule has 14 heavy (non-hydrogen) atoms. The van der Waals surface area contributed by atoms with Crippen molar-refractivity contribution in [2.45, 2.75) is 20.8 Å². The Morgan fingerprint density at radius 1 is 1.36 bits per heavy atom. The van der Waals surface area contributed by atoms with Gasteiger partial charge in [0.05, 0.1) is 0 Å². The summed E-state index contributed by atoms with van der Waals surface area (Å²) in [5.41, 5.74) is 2.14. The number of carbonyl (C=O) groups excluding carboxylic acids is 1. The highest BCUT2D eigenvalue weighted by Gasteiger charge is 2.23. The first-order chi connectivity index (χ1) is 6.70. The van der Waals surface area contributed by atoms with Crippen molar-refractivity contribution >= 4 is 5.91 Å². The lowest BCUT2D eigenvalue weighted by Crippen LogP contribution is -2.12. The number of carbonyl (C=O) groups is 1. The van der Waals surface area contributed by atoms with E-state index in [9.17, 15) is 4.79 Å². The molecule has 1 saturated heterocycles. The van der Waals surface area contributed by atoms with Crippen LogP contribution in [0.4, 0.5) is 0 Å². The molecule has 0 aliphatic carbocycles. The van der Waals surface area contributed by atoms with Gasteiger partial charge in [-0.15, -0.1) is 0 Å². The van der Waals surface area contributed by atoms with E-state index in [0.29, 0.717) is 5.57 Å². The second kappa shape index (κ2) is 5.97. The number of nitrogens with one attached hydrogen (secondary N) is 1. The zero-order valence-corrected chi connectivity index (χ0v) is 9.05. The molecule has 2 heteroatoms. The maximum Gasteiger partial charge on any atom is 0.255 e. The molecule has 0 aromatic heterocycles. The maximum atomic E-state index is 11.1. The normalized spacial score (nSPS) is 20.5.